The molecule has 19 heavy (non-hydrogen) atoms. The molecule has 0 fully saturated rings. The molecular weight excluding hydrogens is 536 g/mol. The highest BCUT2D eigenvalue weighted by Crippen LogP contribution is 2.46. The highest BCUT2D eigenvalue weighted by molar-refractivity contribution is 9.15. The van der Waals surface area contributed by atoms with Crippen LogP contribution in [-0.2, 0) is 10.1 Å². The molecule has 2 aromatic rings. The molecular formula is C10H3Br4O4S-. The van der Waals surface area contributed by atoms with Crippen molar-refractivity contribution < 1.29 is 18.1 Å². The Morgan fingerprint density at radius 1 is 0.947 bits per heavy atom. The lowest BCUT2D eigenvalue weighted by molar-refractivity contribution is 0.457. The molecule has 102 valence electrons. The molecule has 0 aliphatic carbocycles. The average Bonchev–Trinajstić information content (AvgIpc) is 2.31. The van der Waals surface area contributed by atoms with Gasteiger partial charge in [-0.15, -0.1) is 0 Å². The van der Waals surface area contributed by atoms with Gasteiger partial charge in [-0.2, -0.15) is 0 Å². The van der Waals surface area contributed by atoms with E-state index < -0.39 is 15.0 Å². The molecule has 0 bridgehead atoms. The summed E-state index contributed by atoms with van der Waals surface area (Å²) in [6, 6.07) is 2.30. The molecule has 4 nitrogen and oxygen atoms in total. The van der Waals surface area contributed by atoms with Crippen molar-refractivity contribution in [2.75, 3.05) is 0 Å². The minimum absolute atomic E-state index is 0.203. The first-order chi connectivity index (χ1) is 8.64. The van der Waals surface area contributed by atoms with Crippen LogP contribution in [0.1, 0.15) is 0 Å². The summed E-state index contributed by atoms with van der Waals surface area (Å²) in [5.74, 6) is -0.302. The lowest BCUT2D eigenvalue weighted by Crippen LogP contribution is -2.01. The van der Waals surface area contributed by atoms with Crippen LogP contribution in [0.15, 0.2) is 34.9 Å². The van der Waals surface area contributed by atoms with E-state index in [2.05, 4.69) is 63.7 Å². The summed E-state index contributed by atoms with van der Waals surface area (Å²) in [5.41, 5.74) is 0. The first kappa shape index (κ1) is 15.7. The highest BCUT2D eigenvalue weighted by Gasteiger charge is 2.19. The molecule has 1 N–H and O–H groups in total. The lowest BCUT2D eigenvalue weighted by atomic mass is 10.1. The maximum atomic E-state index is 11.3. The summed E-state index contributed by atoms with van der Waals surface area (Å²) in [6.45, 7) is 0. The van der Waals surface area contributed by atoms with E-state index in [-0.39, 0.29) is 11.1 Å². The topological polar surface area (TPSA) is 77.4 Å². The van der Waals surface area contributed by atoms with Crippen molar-refractivity contribution in [2.45, 2.75) is 4.90 Å². The normalized spacial score (nSPS) is 12.1. The zero-order valence-corrected chi connectivity index (χ0v) is 15.9. The van der Waals surface area contributed by atoms with Gasteiger partial charge in [0.1, 0.15) is 15.9 Å². The number of phenols is 1. The fourth-order valence-electron chi connectivity index (χ4n) is 1.62. The first-order valence-electron chi connectivity index (χ1n) is 4.59. The zero-order valence-electron chi connectivity index (χ0n) is 8.75. The van der Waals surface area contributed by atoms with Crippen molar-refractivity contribution in [1.82, 2.24) is 0 Å². The van der Waals surface area contributed by atoms with Crippen LogP contribution < -0.4 is 0 Å². The van der Waals surface area contributed by atoms with E-state index in [1.165, 1.54) is 6.07 Å². The molecule has 2 rings (SSSR count). The molecule has 0 radical (unpaired) electrons. The van der Waals surface area contributed by atoms with Gasteiger partial charge in [0.25, 0.3) is 0 Å². The molecule has 0 aliphatic rings. The van der Waals surface area contributed by atoms with Crippen molar-refractivity contribution in [3.8, 4) is 5.75 Å². The predicted molar refractivity (Wildman–Crippen MR) is 84.4 cm³/mol. The Kier molecular flexibility index (Phi) is 4.36. The van der Waals surface area contributed by atoms with E-state index in [4.69, 9.17) is 0 Å². The minimum Gasteiger partial charge on any atom is -0.744 e. The summed E-state index contributed by atoms with van der Waals surface area (Å²) >= 11 is 13.2. The standard InChI is InChI=1S/C10H4Br4O4S/c11-7-4-1-3(15)2-5(19(16,17)18)6(4)8(12)10(14)9(7)13/h1-2,15H,(H,16,17,18)/p-1. The molecule has 0 amide bonds. The molecule has 0 aliphatic heterocycles. The smallest absolute Gasteiger partial charge is 0.125 e. The Morgan fingerprint density at radius 2 is 1.47 bits per heavy atom. The lowest BCUT2D eigenvalue weighted by Gasteiger charge is -2.16. The van der Waals surface area contributed by atoms with Gasteiger partial charge in [-0.25, -0.2) is 8.42 Å². The zero-order chi connectivity index (χ0) is 14.5. The van der Waals surface area contributed by atoms with Crippen LogP contribution in [-0.4, -0.2) is 18.1 Å². The second kappa shape index (κ2) is 5.27. The summed E-state index contributed by atoms with van der Waals surface area (Å²) in [7, 11) is -4.72. The third-order valence-electron chi connectivity index (χ3n) is 2.39. The van der Waals surface area contributed by atoms with Gasteiger partial charge in [0.2, 0.25) is 0 Å². The maximum absolute atomic E-state index is 11.3. The number of hydrogen-bond acceptors (Lipinski definition) is 4. The van der Waals surface area contributed by atoms with Crippen LogP contribution in [0.3, 0.4) is 0 Å². The van der Waals surface area contributed by atoms with Crippen molar-refractivity contribution in [3.05, 3.63) is 30.0 Å². The summed E-state index contributed by atoms with van der Waals surface area (Å²) in [4.78, 5) is -0.483. The van der Waals surface area contributed by atoms with Crippen molar-refractivity contribution in [2.24, 2.45) is 0 Å². The largest absolute Gasteiger partial charge is 0.744 e. The van der Waals surface area contributed by atoms with E-state index in [9.17, 15) is 18.1 Å². The quantitative estimate of drug-likeness (QED) is 0.330. The van der Waals surface area contributed by atoms with Crippen molar-refractivity contribution in [3.63, 3.8) is 0 Å². The van der Waals surface area contributed by atoms with Crippen LogP contribution in [0.4, 0.5) is 0 Å². The number of fused-ring (bicyclic) bond motifs is 1. The molecule has 0 unspecified atom stereocenters. The second-order valence-electron chi connectivity index (χ2n) is 3.58. The summed E-state index contributed by atoms with van der Waals surface area (Å²) < 4.78 is 36.1. The minimum atomic E-state index is -4.72. The van der Waals surface area contributed by atoms with Crippen molar-refractivity contribution >= 4 is 84.6 Å². The SMILES string of the molecule is O=S(=O)([O-])c1cc(O)cc2c(Br)c(Br)c(Br)c(Br)c12. The van der Waals surface area contributed by atoms with Gasteiger partial charge in [-0.3, -0.25) is 0 Å². The Balaban J connectivity index is 3.18. The Hall–Kier alpha value is 0.330. The van der Waals surface area contributed by atoms with E-state index >= 15 is 0 Å². The van der Waals surface area contributed by atoms with Crippen LogP contribution in [0.5, 0.6) is 5.75 Å². The van der Waals surface area contributed by atoms with Crippen LogP contribution in [0.25, 0.3) is 10.8 Å². The van der Waals surface area contributed by atoms with Gasteiger partial charge in [0.15, 0.2) is 0 Å². The third kappa shape index (κ3) is 2.73. The molecule has 0 saturated heterocycles. The van der Waals surface area contributed by atoms with Crippen molar-refractivity contribution in [1.29, 1.82) is 0 Å². The third-order valence-corrected chi connectivity index (χ3v) is 8.05. The first-order valence-corrected chi connectivity index (χ1v) is 9.17. The van der Waals surface area contributed by atoms with E-state index in [0.717, 1.165) is 6.07 Å². The molecule has 9 heteroatoms. The van der Waals surface area contributed by atoms with Gasteiger partial charge in [-0.05, 0) is 75.9 Å². The Labute approximate surface area is 142 Å². The predicted octanol–water partition coefficient (Wildman–Crippen LogP) is 4.50. The molecule has 0 saturated carbocycles. The number of benzene rings is 2. The van der Waals surface area contributed by atoms with Gasteiger partial charge < -0.3 is 9.66 Å². The fraction of sp³-hybridized carbons (Fsp3) is 0. The Morgan fingerprint density at radius 3 is 2.00 bits per heavy atom. The van der Waals surface area contributed by atoms with E-state index in [1.54, 1.807) is 0 Å². The molecule has 0 atom stereocenters. The fourth-order valence-corrected chi connectivity index (χ4v) is 4.95. The summed E-state index contributed by atoms with van der Waals surface area (Å²) in [5, 5.41) is 10.2. The molecule has 0 aromatic heterocycles. The number of aromatic hydroxyl groups is 1. The molecule has 0 spiro atoms. The number of halogens is 4. The van der Waals surface area contributed by atoms with Crippen LogP contribution in [0, 0.1) is 0 Å². The number of hydrogen-bond donors (Lipinski definition) is 1. The van der Waals surface area contributed by atoms with Gasteiger partial charge in [0, 0.05) is 28.7 Å². The van der Waals surface area contributed by atoms with E-state index in [1.807, 2.05) is 0 Å². The van der Waals surface area contributed by atoms with E-state index in [0.29, 0.717) is 23.3 Å². The van der Waals surface area contributed by atoms with Crippen LogP contribution >= 0.6 is 63.7 Å². The highest BCUT2D eigenvalue weighted by atomic mass is 79.9. The molecule has 2 aromatic carbocycles. The van der Waals surface area contributed by atoms with Gasteiger partial charge in [0.05, 0.1) is 4.90 Å². The molecule has 0 heterocycles. The second-order valence-corrected chi connectivity index (χ2v) is 8.10. The number of phenolic OH excluding ortho intramolecular Hbond substituents is 1. The van der Waals surface area contributed by atoms with Crippen LogP contribution in [0.2, 0.25) is 0 Å². The summed E-state index contributed by atoms with van der Waals surface area (Å²) in [6.07, 6.45) is 0. The van der Waals surface area contributed by atoms with Gasteiger partial charge in [-0.1, -0.05) is 0 Å². The Bertz CT molecular complexity index is 801. The van der Waals surface area contributed by atoms with Gasteiger partial charge >= 0.3 is 0 Å². The monoisotopic (exact) mass is 535 g/mol. The maximum Gasteiger partial charge on any atom is 0.125 e. The average molecular weight is 539 g/mol. The number of rotatable bonds is 1.